The minimum atomic E-state index is -1.11. The van der Waals surface area contributed by atoms with Crippen LogP contribution in [0.5, 0.6) is 0 Å². The molecule has 0 radical (unpaired) electrons. The first-order valence-electron chi connectivity index (χ1n) is 11.1. The van der Waals surface area contributed by atoms with Gasteiger partial charge in [-0.3, -0.25) is 4.79 Å². The average molecular weight is 427 g/mol. The molecule has 0 aliphatic heterocycles. The van der Waals surface area contributed by atoms with Crippen LogP contribution < -0.4 is 11.2 Å². The first-order chi connectivity index (χ1) is 14.4. The van der Waals surface area contributed by atoms with Gasteiger partial charge in [0.1, 0.15) is 12.4 Å². The fourth-order valence-corrected chi connectivity index (χ4v) is 5.26. The molecule has 2 N–H and O–H groups in total. The molecule has 0 unspecified atom stereocenters. The molecule has 0 aromatic carbocycles. The fourth-order valence-electron chi connectivity index (χ4n) is 4.50. The second kappa shape index (κ2) is 8.65. The summed E-state index contributed by atoms with van der Waals surface area (Å²) in [6.45, 7) is 9.11. The summed E-state index contributed by atoms with van der Waals surface area (Å²) in [5, 5.41) is 1.73. The van der Waals surface area contributed by atoms with Crippen molar-refractivity contribution >= 4 is 30.0 Å². The van der Waals surface area contributed by atoms with Crippen molar-refractivity contribution < 1.29 is 4.74 Å². The monoisotopic (exact) mass is 426 g/mol. The van der Waals surface area contributed by atoms with Crippen molar-refractivity contribution in [1.29, 1.82) is 0 Å². The van der Waals surface area contributed by atoms with Gasteiger partial charge in [0, 0.05) is 50.8 Å². The van der Waals surface area contributed by atoms with E-state index in [1.807, 2.05) is 17.0 Å². The molecule has 3 aromatic heterocycles. The molecule has 0 saturated heterocycles. The lowest BCUT2D eigenvalue weighted by atomic mass is 9.86. The van der Waals surface area contributed by atoms with E-state index in [9.17, 15) is 4.79 Å². The number of pyridine rings is 2. The summed E-state index contributed by atoms with van der Waals surface area (Å²) in [6, 6.07) is 5.31. The molecule has 30 heavy (non-hydrogen) atoms. The SMILES string of the molecule is C[Si](C)(C)CCOCn1ccc2c1ncc1c(=O)ccn([C@H]3CC[C@H](CN)CC3)c12. The van der Waals surface area contributed by atoms with Crippen LogP contribution >= 0.6 is 0 Å². The number of ether oxygens (including phenoxy) is 1. The Kier molecular flexibility index (Phi) is 6.13. The standard InChI is InChI=1S/C23H34N4O2Si/c1-30(2,3)13-12-29-16-26-10-8-19-22-20(15-25-23(19)26)21(28)9-11-27(22)18-6-4-17(14-24)5-7-18/h8-11,15,17-18H,4-7,12-14,16,24H2,1-3H3/t17-,18-. The highest BCUT2D eigenvalue weighted by Gasteiger charge is 2.23. The van der Waals surface area contributed by atoms with Gasteiger partial charge in [-0.05, 0) is 50.3 Å². The molecule has 0 amide bonds. The van der Waals surface area contributed by atoms with Gasteiger partial charge in [-0.2, -0.15) is 0 Å². The van der Waals surface area contributed by atoms with Crippen LogP contribution in [0.1, 0.15) is 31.7 Å². The van der Waals surface area contributed by atoms with Gasteiger partial charge in [0.25, 0.3) is 0 Å². The Labute approximate surface area is 179 Å². The maximum absolute atomic E-state index is 12.6. The summed E-state index contributed by atoms with van der Waals surface area (Å²) in [5.41, 5.74) is 7.80. The first kappa shape index (κ1) is 21.3. The summed E-state index contributed by atoms with van der Waals surface area (Å²) < 4.78 is 10.3. The summed E-state index contributed by atoms with van der Waals surface area (Å²) in [4.78, 5) is 17.2. The molecule has 162 valence electrons. The predicted molar refractivity (Wildman–Crippen MR) is 126 cm³/mol. The zero-order chi connectivity index (χ0) is 21.3. The first-order valence-corrected chi connectivity index (χ1v) is 14.8. The van der Waals surface area contributed by atoms with Gasteiger partial charge in [-0.1, -0.05) is 19.6 Å². The van der Waals surface area contributed by atoms with Gasteiger partial charge in [-0.25, -0.2) is 4.98 Å². The molecule has 3 aromatic rings. The van der Waals surface area contributed by atoms with E-state index in [0.29, 0.717) is 24.1 Å². The number of hydrogen-bond acceptors (Lipinski definition) is 4. The number of fused-ring (bicyclic) bond motifs is 3. The van der Waals surface area contributed by atoms with Crippen molar-refractivity contribution in [3.63, 3.8) is 0 Å². The third-order valence-electron chi connectivity index (χ3n) is 6.44. The largest absolute Gasteiger partial charge is 0.361 e. The Morgan fingerprint density at radius 3 is 2.60 bits per heavy atom. The maximum Gasteiger partial charge on any atom is 0.190 e. The van der Waals surface area contributed by atoms with Gasteiger partial charge in [-0.15, -0.1) is 0 Å². The van der Waals surface area contributed by atoms with E-state index in [1.165, 1.54) is 0 Å². The van der Waals surface area contributed by atoms with E-state index in [1.54, 1.807) is 12.3 Å². The van der Waals surface area contributed by atoms with Crippen LogP contribution in [0.4, 0.5) is 0 Å². The van der Waals surface area contributed by atoms with Crippen LogP contribution in [0, 0.1) is 5.92 Å². The van der Waals surface area contributed by atoms with Crippen molar-refractivity contribution in [2.45, 2.75) is 64.1 Å². The number of rotatable bonds is 7. The quantitative estimate of drug-likeness (QED) is 0.450. The molecule has 6 nitrogen and oxygen atoms in total. The number of nitrogens with two attached hydrogens (primary N) is 1. The van der Waals surface area contributed by atoms with Crippen molar-refractivity contribution in [1.82, 2.24) is 14.1 Å². The van der Waals surface area contributed by atoms with Gasteiger partial charge < -0.3 is 19.6 Å². The lowest BCUT2D eigenvalue weighted by Gasteiger charge is -2.30. The van der Waals surface area contributed by atoms with Crippen LogP contribution in [0.15, 0.2) is 35.5 Å². The van der Waals surface area contributed by atoms with Crippen LogP contribution in [0.2, 0.25) is 25.7 Å². The van der Waals surface area contributed by atoms with E-state index >= 15 is 0 Å². The van der Waals surface area contributed by atoms with E-state index in [2.05, 4.69) is 35.3 Å². The summed E-state index contributed by atoms with van der Waals surface area (Å²) >= 11 is 0. The number of aromatic nitrogens is 3. The minimum Gasteiger partial charge on any atom is -0.361 e. The van der Waals surface area contributed by atoms with Crippen LogP contribution in [-0.2, 0) is 11.5 Å². The van der Waals surface area contributed by atoms with E-state index in [0.717, 1.165) is 61.4 Å². The Balaban J connectivity index is 1.66. The van der Waals surface area contributed by atoms with Gasteiger partial charge >= 0.3 is 0 Å². The van der Waals surface area contributed by atoms with Crippen LogP contribution in [-0.4, -0.2) is 35.3 Å². The molecule has 7 heteroatoms. The lowest BCUT2D eigenvalue weighted by molar-refractivity contribution is 0.0899. The fraction of sp³-hybridized carbons (Fsp3) is 0.565. The lowest BCUT2D eigenvalue weighted by Crippen LogP contribution is -2.24. The third kappa shape index (κ3) is 4.38. The molecular formula is C23H34N4O2Si. The minimum absolute atomic E-state index is 0.0328. The normalized spacial score (nSPS) is 20.3. The maximum atomic E-state index is 12.6. The molecule has 1 aliphatic rings. The molecular weight excluding hydrogens is 392 g/mol. The number of hydrogen-bond donors (Lipinski definition) is 1. The molecule has 1 fully saturated rings. The summed E-state index contributed by atoms with van der Waals surface area (Å²) in [7, 11) is -1.11. The van der Waals surface area contributed by atoms with Crippen LogP contribution in [0.3, 0.4) is 0 Å². The molecule has 3 heterocycles. The zero-order valence-corrected chi connectivity index (χ0v) is 19.4. The molecule has 0 bridgehead atoms. The van der Waals surface area contributed by atoms with Gasteiger partial charge in [0.15, 0.2) is 5.43 Å². The Bertz CT molecular complexity index is 1070. The highest BCUT2D eigenvalue weighted by molar-refractivity contribution is 6.76. The molecule has 0 spiro atoms. The second-order valence-electron chi connectivity index (χ2n) is 9.89. The Morgan fingerprint density at radius 2 is 1.90 bits per heavy atom. The Hall–Kier alpha value is -1.96. The topological polar surface area (TPSA) is 75.1 Å². The summed E-state index contributed by atoms with van der Waals surface area (Å²) in [6.07, 6.45) is 10.2. The van der Waals surface area contributed by atoms with Crippen molar-refractivity contribution in [3.8, 4) is 0 Å². The highest BCUT2D eigenvalue weighted by Crippen LogP contribution is 2.34. The molecule has 1 aliphatic carbocycles. The smallest absolute Gasteiger partial charge is 0.190 e. The van der Waals surface area contributed by atoms with Crippen LogP contribution in [0.25, 0.3) is 21.9 Å². The second-order valence-corrected chi connectivity index (χ2v) is 15.5. The van der Waals surface area contributed by atoms with Crippen molar-refractivity contribution in [2.75, 3.05) is 13.2 Å². The third-order valence-corrected chi connectivity index (χ3v) is 8.14. The van der Waals surface area contributed by atoms with Crippen molar-refractivity contribution in [2.24, 2.45) is 11.7 Å². The van der Waals surface area contributed by atoms with Gasteiger partial charge in [0.05, 0.1) is 10.9 Å². The molecule has 4 rings (SSSR count). The van der Waals surface area contributed by atoms with E-state index in [-0.39, 0.29) is 5.43 Å². The highest BCUT2D eigenvalue weighted by atomic mass is 28.3. The van der Waals surface area contributed by atoms with E-state index < -0.39 is 8.07 Å². The van der Waals surface area contributed by atoms with Gasteiger partial charge in [0.2, 0.25) is 0 Å². The Morgan fingerprint density at radius 1 is 1.13 bits per heavy atom. The average Bonchev–Trinajstić information content (AvgIpc) is 3.14. The van der Waals surface area contributed by atoms with Crippen molar-refractivity contribution in [3.05, 3.63) is 40.9 Å². The summed E-state index contributed by atoms with van der Waals surface area (Å²) in [5.74, 6) is 0.628. The van der Waals surface area contributed by atoms with E-state index in [4.69, 9.17) is 10.5 Å². The zero-order valence-electron chi connectivity index (χ0n) is 18.4. The predicted octanol–water partition coefficient (Wildman–Crippen LogP) is 4.35. The molecule has 0 atom stereocenters. The number of nitrogens with zero attached hydrogens (tertiary/aromatic N) is 3. The molecule has 1 saturated carbocycles.